The molecule has 3 fully saturated rings. The number of piperidine rings is 1. The number of carbonyl (C=O) groups is 1. The molecule has 2 saturated heterocycles. The largest absolute Gasteiger partial charge is 0.454 e. The fourth-order valence-electron chi connectivity index (χ4n) is 4.30. The molecule has 5 rings (SSSR count). The van der Waals surface area contributed by atoms with Crippen LogP contribution in [0.3, 0.4) is 0 Å². The van der Waals surface area contributed by atoms with Gasteiger partial charge in [-0.05, 0) is 37.0 Å². The van der Waals surface area contributed by atoms with Gasteiger partial charge in [0.2, 0.25) is 12.7 Å². The Balaban J connectivity index is 1.30. The SMILES string of the molecule is O=C(NC1CC1)[C@@H]1CN(Cc2ccc3c(c2)OCO3)C[C@H]2OCC[C@H]21. The van der Waals surface area contributed by atoms with Crippen LogP contribution in [-0.4, -0.2) is 49.4 Å². The Bertz CT molecular complexity index is 675. The van der Waals surface area contributed by atoms with Gasteiger partial charge in [-0.2, -0.15) is 0 Å². The Morgan fingerprint density at radius 1 is 1.16 bits per heavy atom. The molecule has 1 saturated carbocycles. The highest BCUT2D eigenvalue weighted by atomic mass is 16.7. The van der Waals surface area contributed by atoms with E-state index in [-0.39, 0.29) is 17.9 Å². The van der Waals surface area contributed by atoms with Gasteiger partial charge >= 0.3 is 0 Å². The maximum Gasteiger partial charge on any atom is 0.231 e. The fraction of sp³-hybridized carbons (Fsp3) is 0.632. The Morgan fingerprint density at radius 2 is 2.04 bits per heavy atom. The van der Waals surface area contributed by atoms with Gasteiger partial charge in [-0.1, -0.05) is 6.07 Å². The average Bonchev–Trinajstić information content (AvgIpc) is 3.10. The lowest BCUT2D eigenvalue weighted by Gasteiger charge is -2.39. The maximum absolute atomic E-state index is 12.7. The zero-order valence-corrected chi connectivity index (χ0v) is 14.3. The molecule has 6 heteroatoms. The molecule has 3 atom stereocenters. The predicted molar refractivity (Wildman–Crippen MR) is 90.3 cm³/mol. The number of ether oxygens (including phenoxy) is 3. The summed E-state index contributed by atoms with van der Waals surface area (Å²) in [5.74, 6) is 2.25. The zero-order chi connectivity index (χ0) is 16.8. The lowest BCUT2D eigenvalue weighted by Crippen LogP contribution is -2.52. The monoisotopic (exact) mass is 344 g/mol. The molecule has 1 amide bonds. The molecule has 1 N–H and O–H groups in total. The van der Waals surface area contributed by atoms with E-state index in [0.29, 0.717) is 18.8 Å². The van der Waals surface area contributed by atoms with Crippen LogP contribution in [0.1, 0.15) is 24.8 Å². The molecule has 0 unspecified atom stereocenters. The summed E-state index contributed by atoms with van der Waals surface area (Å²) in [6.45, 7) is 3.57. The second-order valence-corrected chi connectivity index (χ2v) is 7.63. The number of benzene rings is 1. The van der Waals surface area contributed by atoms with Gasteiger partial charge in [-0.15, -0.1) is 0 Å². The molecule has 0 radical (unpaired) electrons. The Kier molecular flexibility index (Phi) is 3.82. The molecule has 1 aromatic carbocycles. The molecule has 1 aliphatic carbocycles. The van der Waals surface area contributed by atoms with Gasteiger partial charge in [0.25, 0.3) is 0 Å². The Hall–Kier alpha value is -1.79. The molecular formula is C19H24N2O4. The fourth-order valence-corrected chi connectivity index (χ4v) is 4.30. The van der Waals surface area contributed by atoms with Gasteiger partial charge in [0.15, 0.2) is 11.5 Å². The van der Waals surface area contributed by atoms with E-state index in [1.807, 2.05) is 12.1 Å². The lowest BCUT2D eigenvalue weighted by molar-refractivity contribution is -0.131. The second kappa shape index (κ2) is 6.18. The first-order chi connectivity index (χ1) is 12.3. The number of nitrogens with zero attached hydrogens (tertiary/aromatic N) is 1. The summed E-state index contributed by atoms with van der Waals surface area (Å²) < 4.78 is 16.8. The molecule has 3 aliphatic heterocycles. The molecule has 6 nitrogen and oxygen atoms in total. The third-order valence-electron chi connectivity index (χ3n) is 5.77. The van der Waals surface area contributed by atoms with Crippen LogP contribution >= 0.6 is 0 Å². The molecule has 134 valence electrons. The number of hydrogen-bond acceptors (Lipinski definition) is 5. The van der Waals surface area contributed by atoms with E-state index in [0.717, 1.165) is 57.0 Å². The number of carbonyl (C=O) groups excluding carboxylic acids is 1. The van der Waals surface area contributed by atoms with Crippen LogP contribution < -0.4 is 14.8 Å². The van der Waals surface area contributed by atoms with E-state index in [9.17, 15) is 4.79 Å². The second-order valence-electron chi connectivity index (χ2n) is 7.63. The first kappa shape index (κ1) is 15.5. The van der Waals surface area contributed by atoms with Gasteiger partial charge in [0.05, 0.1) is 12.0 Å². The number of hydrogen-bond donors (Lipinski definition) is 1. The number of nitrogens with one attached hydrogen (secondary N) is 1. The third kappa shape index (κ3) is 3.09. The van der Waals surface area contributed by atoms with Crippen molar-refractivity contribution in [2.45, 2.75) is 38.0 Å². The molecular weight excluding hydrogens is 320 g/mol. The molecule has 0 spiro atoms. The van der Waals surface area contributed by atoms with Crippen LogP contribution in [0, 0.1) is 11.8 Å². The van der Waals surface area contributed by atoms with Crippen molar-refractivity contribution in [3.63, 3.8) is 0 Å². The highest BCUT2D eigenvalue weighted by Crippen LogP contribution is 2.36. The van der Waals surface area contributed by atoms with E-state index in [4.69, 9.17) is 14.2 Å². The van der Waals surface area contributed by atoms with Crippen molar-refractivity contribution in [2.24, 2.45) is 11.8 Å². The smallest absolute Gasteiger partial charge is 0.231 e. The average molecular weight is 344 g/mol. The first-order valence-corrected chi connectivity index (χ1v) is 9.29. The van der Waals surface area contributed by atoms with Crippen molar-refractivity contribution in [1.29, 1.82) is 0 Å². The number of rotatable bonds is 4. The lowest BCUT2D eigenvalue weighted by atomic mass is 9.82. The predicted octanol–water partition coefficient (Wildman–Crippen LogP) is 1.53. The summed E-state index contributed by atoms with van der Waals surface area (Å²) >= 11 is 0. The van der Waals surface area contributed by atoms with Gasteiger partial charge in [-0.25, -0.2) is 0 Å². The quantitative estimate of drug-likeness (QED) is 0.898. The summed E-state index contributed by atoms with van der Waals surface area (Å²) in [5, 5.41) is 3.20. The minimum Gasteiger partial charge on any atom is -0.454 e. The summed E-state index contributed by atoms with van der Waals surface area (Å²) in [7, 11) is 0. The van der Waals surface area contributed by atoms with Crippen LogP contribution in [0.15, 0.2) is 18.2 Å². The number of fused-ring (bicyclic) bond motifs is 2. The van der Waals surface area contributed by atoms with Crippen LogP contribution in [0.4, 0.5) is 0 Å². The first-order valence-electron chi connectivity index (χ1n) is 9.29. The van der Waals surface area contributed by atoms with Gasteiger partial charge in [-0.3, -0.25) is 9.69 Å². The number of likely N-dealkylation sites (tertiary alicyclic amines) is 1. The van der Waals surface area contributed by atoms with Gasteiger partial charge < -0.3 is 19.5 Å². The van der Waals surface area contributed by atoms with Crippen molar-refractivity contribution in [3.05, 3.63) is 23.8 Å². The standard InChI is InChI=1S/C19H24N2O4/c22-19(20-13-2-3-13)15-9-21(10-18-14(15)5-6-23-18)8-12-1-4-16-17(7-12)25-11-24-16/h1,4,7,13-15,18H,2-3,5-6,8-11H2,(H,20,22)/t14-,15+,18+/m0/s1. The Labute approximate surface area is 147 Å². The van der Waals surface area contributed by atoms with Gasteiger partial charge in [0, 0.05) is 38.2 Å². The van der Waals surface area contributed by atoms with E-state index < -0.39 is 0 Å². The van der Waals surface area contributed by atoms with Crippen molar-refractivity contribution >= 4 is 5.91 Å². The van der Waals surface area contributed by atoms with Crippen molar-refractivity contribution in [2.75, 3.05) is 26.5 Å². The third-order valence-corrected chi connectivity index (χ3v) is 5.77. The minimum absolute atomic E-state index is 0.0378. The van der Waals surface area contributed by atoms with Gasteiger partial charge in [0.1, 0.15) is 0 Å². The number of amides is 1. The summed E-state index contributed by atoms with van der Waals surface area (Å²) in [6, 6.07) is 6.50. The maximum atomic E-state index is 12.7. The van der Waals surface area contributed by atoms with Crippen LogP contribution in [0.25, 0.3) is 0 Å². The summed E-state index contributed by atoms with van der Waals surface area (Å²) in [6.07, 6.45) is 3.44. The molecule has 0 aromatic heterocycles. The highest BCUT2D eigenvalue weighted by molar-refractivity contribution is 5.80. The summed E-state index contributed by atoms with van der Waals surface area (Å²) in [4.78, 5) is 15.1. The molecule has 25 heavy (non-hydrogen) atoms. The van der Waals surface area contributed by atoms with E-state index in [2.05, 4.69) is 16.3 Å². The van der Waals surface area contributed by atoms with Crippen LogP contribution in [0.2, 0.25) is 0 Å². The summed E-state index contributed by atoms with van der Waals surface area (Å²) in [5.41, 5.74) is 1.18. The van der Waals surface area contributed by atoms with Crippen molar-refractivity contribution in [3.8, 4) is 11.5 Å². The normalized spacial score (nSPS) is 31.0. The van der Waals surface area contributed by atoms with Crippen LogP contribution in [-0.2, 0) is 16.1 Å². The molecule has 1 aromatic rings. The molecule has 3 heterocycles. The van der Waals surface area contributed by atoms with E-state index in [1.165, 1.54) is 5.56 Å². The van der Waals surface area contributed by atoms with Crippen molar-refractivity contribution in [1.82, 2.24) is 10.2 Å². The Morgan fingerprint density at radius 3 is 2.92 bits per heavy atom. The topological polar surface area (TPSA) is 60.0 Å². The van der Waals surface area contributed by atoms with E-state index in [1.54, 1.807) is 0 Å². The molecule has 0 bridgehead atoms. The highest BCUT2D eigenvalue weighted by Gasteiger charge is 2.44. The van der Waals surface area contributed by atoms with E-state index >= 15 is 0 Å². The zero-order valence-electron chi connectivity index (χ0n) is 14.3. The molecule has 4 aliphatic rings. The van der Waals surface area contributed by atoms with Crippen LogP contribution in [0.5, 0.6) is 11.5 Å². The minimum atomic E-state index is 0.0378. The van der Waals surface area contributed by atoms with Crippen molar-refractivity contribution < 1.29 is 19.0 Å².